The van der Waals surface area contributed by atoms with Gasteiger partial charge in [0.15, 0.2) is 0 Å². The van der Waals surface area contributed by atoms with Crippen molar-refractivity contribution in [1.29, 1.82) is 0 Å². The first-order valence-corrected chi connectivity index (χ1v) is 8.49. The molecule has 132 valence electrons. The van der Waals surface area contributed by atoms with Gasteiger partial charge in [0.05, 0.1) is 26.2 Å². The number of hydrogen-bond acceptors (Lipinski definition) is 4. The zero-order valence-corrected chi connectivity index (χ0v) is 14.4. The molecule has 0 aliphatic carbocycles. The first kappa shape index (κ1) is 17.4. The van der Waals surface area contributed by atoms with Gasteiger partial charge in [0.25, 0.3) is 0 Å². The van der Waals surface area contributed by atoms with Crippen molar-refractivity contribution in [3.05, 3.63) is 53.1 Å². The van der Waals surface area contributed by atoms with E-state index in [1.807, 2.05) is 30.3 Å². The Labute approximate surface area is 151 Å². The van der Waals surface area contributed by atoms with Crippen LogP contribution in [-0.2, 0) is 4.79 Å². The molecule has 0 spiro atoms. The minimum absolute atomic E-state index is 0.0774. The summed E-state index contributed by atoms with van der Waals surface area (Å²) in [5.41, 5.74) is 0.930. The zero-order chi connectivity index (χ0) is 17.6. The molecule has 0 bridgehead atoms. The predicted molar refractivity (Wildman–Crippen MR) is 94.0 cm³/mol. The van der Waals surface area contributed by atoms with Crippen molar-refractivity contribution in [2.24, 2.45) is 0 Å². The molecule has 0 aromatic heterocycles. The second-order valence-corrected chi connectivity index (χ2v) is 6.25. The van der Waals surface area contributed by atoms with Gasteiger partial charge in [0.1, 0.15) is 17.2 Å². The zero-order valence-electron chi connectivity index (χ0n) is 13.6. The van der Waals surface area contributed by atoms with Crippen molar-refractivity contribution in [3.63, 3.8) is 0 Å². The maximum atomic E-state index is 10.9. The van der Waals surface area contributed by atoms with Crippen LogP contribution in [0.15, 0.2) is 42.5 Å². The van der Waals surface area contributed by atoms with Crippen molar-refractivity contribution in [3.8, 4) is 17.2 Å². The molecular weight excluding hydrogens is 344 g/mol. The van der Waals surface area contributed by atoms with E-state index >= 15 is 0 Å². The highest BCUT2D eigenvalue weighted by molar-refractivity contribution is 6.30. The molecule has 25 heavy (non-hydrogen) atoms. The summed E-state index contributed by atoms with van der Waals surface area (Å²) in [6.07, 6.45) is 0.806. The number of ether oxygens (including phenoxy) is 3. The maximum Gasteiger partial charge on any atom is 0.304 e. The van der Waals surface area contributed by atoms with Gasteiger partial charge in [-0.05, 0) is 24.3 Å². The van der Waals surface area contributed by atoms with Crippen molar-refractivity contribution >= 4 is 17.6 Å². The predicted octanol–water partition coefficient (Wildman–Crippen LogP) is 4.14. The highest BCUT2D eigenvalue weighted by atomic mass is 35.5. The third-order valence-electron chi connectivity index (χ3n) is 3.91. The molecule has 5 nitrogen and oxygen atoms in total. The van der Waals surface area contributed by atoms with Gasteiger partial charge in [-0.1, -0.05) is 23.7 Å². The maximum absolute atomic E-state index is 10.9. The monoisotopic (exact) mass is 362 g/mol. The third-order valence-corrected chi connectivity index (χ3v) is 4.14. The summed E-state index contributed by atoms with van der Waals surface area (Å²) in [6.45, 7) is 1.44. The summed E-state index contributed by atoms with van der Waals surface area (Å²) in [6, 6.07) is 12.8. The number of hydrogen-bond donors (Lipinski definition) is 1. The van der Waals surface area contributed by atoms with Gasteiger partial charge >= 0.3 is 5.97 Å². The Morgan fingerprint density at radius 3 is 2.64 bits per heavy atom. The molecule has 2 aromatic rings. The first-order chi connectivity index (χ1) is 12.1. The van der Waals surface area contributed by atoms with Crippen LogP contribution in [0.2, 0.25) is 5.02 Å². The lowest BCUT2D eigenvalue weighted by Crippen LogP contribution is -2.07. The Morgan fingerprint density at radius 1 is 1.16 bits per heavy atom. The Balaban J connectivity index is 1.44. The molecule has 6 heteroatoms. The number of aliphatic carboxylic acids is 1. The summed E-state index contributed by atoms with van der Waals surface area (Å²) in [5.74, 6) is 1.24. The third kappa shape index (κ3) is 4.79. The van der Waals surface area contributed by atoms with Gasteiger partial charge < -0.3 is 19.3 Å². The van der Waals surface area contributed by atoms with E-state index < -0.39 is 5.97 Å². The van der Waals surface area contributed by atoms with Crippen LogP contribution in [0, 0.1) is 0 Å². The molecule has 0 amide bonds. The number of benzene rings is 2. The topological polar surface area (TPSA) is 65.0 Å². The quantitative estimate of drug-likeness (QED) is 0.715. The highest BCUT2D eigenvalue weighted by Gasteiger charge is 2.26. The second-order valence-electron chi connectivity index (χ2n) is 5.81. The van der Waals surface area contributed by atoms with Crippen molar-refractivity contribution in [2.45, 2.75) is 18.8 Å². The van der Waals surface area contributed by atoms with E-state index in [1.165, 1.54) is 0 Å². The molecular formula is C19H19ClO5. The molecule has 1 aliphatic heterocycles. The van der Waals surface area contributed by atoms with E-state index in [1.54, 1.807) is 12.1 Å². The Hall–Kier alpha value is -2.40. The van der Waals surface area contributed by atoms with Crippen LogP contribution in [0.1, 0.15) is 24.3 Å². The number of carboxylic acid groups (broad SMARTS) is 1. The Bertz CT molecular complexity index is 746. The minimum Gasteiger partial charge on any atom is -0.493 e. The van der Waals surface area contributed by atoms with Crippen LogP contribution in [0.3, 0.4) is 0 Å². The summed E-state index contributed by atoms with van der Waals surface area (Å²) >= 11 is 5.90. The lowest BCUT2D eigenvalue weighted by Gasteiger charge is -2.10. The molecule has 1 heterocycles. The van der Waals surface area contributed by atoms with Gasteiger partial charge in [-0.3, -0.25) is 4.79 Å². The number of carbonyl (C=O) groups is 1. The molecule has 2 aromatic carbocycles. The van der Waals surface area contributed by atoms with E-state index in [-0.39, 0.29) is 12.3 Å². The van der Waals surface area contributed by atoms with Gasteiger partial charge in [-0.2, -0.15) is 0 Å². The molecule has 0 fully saturated rings. The van der Waals surface area contributed by atoms with Gasteiger partial charge in [-0.15, -0.1) is 0 Å². The number of halogens is 1. The van der Waals surface area contributed by atoms with Crippen molar-refractivity contribution in [2.75, 3.05) is 19.8 Å². The molecule has 1 N–H and O–H groups in total. The van der Waals surface area contributed by atoms with Gasteiger partial charge in [-0.25, -0.2) is 0 Å². The van der Waals surface area contributed by atoms with E-state index in [0.29, 0.717) is 36.3 Å². The van der Waals surface area contributed by atoms with E-state index in [2.05, 4.69) is 0 Å². The normalized spacial score (nSPS) is 15.3. The fourth-order valence-electron chi connectivity index (χ4n) is 2.72. The summed E-state index contributed by atoms with van der Waals surface area (Å²) < 4.78 is 16.9. The van der Waals surface area contributed by atoms with Crippen LogP contribution in [-0.4, -0.2) is 30.9 Å². The molecule has 1 atom stereocenters. The van der Waals surface area contributed by atoms with Crippen LogP contribution in [0.4, 0.5) is 0 Å². The largest absolute Gasteiger partial charge is 0.493 e. The second kappa shape index (κ2) is 8.12. The van der Waals surface area contributed by atoms with Crippen LogP contribution in [0.25, 0.3) is 0 Å². The smallest absolute Gasteiger partial charge is 0.304 e. The summed E-state index contributed by atoms with van der Waals surface area (Å²) in [5, 5.41) is 9.57. The molecule has 1 unspecified atom stereocenters. The van der Waals surface area contributed by atoms with Crippen molar-refractivity contribution < 1.29 is 24.1 Å². The average molecular weight is 363 g/mol. The fourth-order valence-corrected chi connectivity index (χ4v) is 2.90. The van der Waals surface area contributed by atoms with Crippen LogP contribution in [0.5, 0.6) is 17.2 Å². The number of rotatable bonds is 8. The first-order valence-electron chi connectivity index (χ1n) is 8.11. The SMILES string of the molecule is O=C(O)CC1COc2cc(OCCCOc3cccc(Cl)c3)ccc21. The molecule has 0 radical (unpaired) electrons. The molecule has 3 rings (SSSR count). The number of fused-ring (bicyclic) bond motifs is 1. The molecule has 0 saturated carbocycles. The summed E-state index contributed by atoms with van der Waals surface area (Å²) in [7, 11) is 0. The van der Waals surface area contributed by atoms with Gasteiger partial charge in [0, 0.05) is 29.0 Å². The standard InChI is InChI=1S/C19H19ClO5/c20-14-3-1-4-15(10-14)23-7-2-8-24-16-5-6-17-13(9-19(21)22)12-25-18(17)11-16/h1,3-6,10-11,13H,2,7-9,12H2,(H,21,22). The van der Waals surface area contributed by atoms with E-state index in [4.69, 9.17) is 30.9 Å². The van der Waals surface area contributed by atoms with Crippen LogP contribution < -0.4 is 14.2 Å². The van der Waals surface area contributed by atoms with Gasteiger partial charge in [0.2, 0.25) is 0 Å². The lowest BCUT2D eigenvalue weighted by atomic mass is 9.98. The fraction of sp³-hybridized carbons (Fsp3) is 0.316. The van der Waals surface area contributed by atoms with Crippen LogP contribution >= 0.6 is 11.6 Å². The Morgan fingerprint density at radius 2 is 1.92 bits per heavy atom. The lowest BCUT2D eigenvalue weighted by molar-refractivity contribution is -0.137. The highest BCUT2D eigenvalue weighted by Crippen LogP contribution is 2.38. The summed E-state index contributed by atoms with van der Waals surface area (Å²) in [4.78, 5) is 10.9. The average Bonchev–Trinajstić information content (AvgIpc) is 2.96. The van der Waals surface area contributed by atoms with E-state index in [0.717, 1.165) is 17.7 Å². The molecule has 1 aliphatic rings. The number of carboxylic acids is 1. The van der Waals surface area contributed by atoms with Crippen molar-refractivity contribution in [1.82, 2.24) is 0 Å². The minimum atomic E-state index is -0.818. The van der Waals surface area contributed by atoms with E-state index in [9.17, 15) is 4.79 Å². The Kier molecular flexibility index (Phi) is 5.66. The molecule has 0 saturated heterocycles.